The number of aryl methyl sites for hydroxylation is 1. The van der Waals surface area contributed by atoms with Gasteiger partial charge in [0.2, 0.25) is 0 Å². The smallest absolute Gasteiger partial charge is 0.166 e. The van der Waals surface area contributed by atoms with Gasteiger partial charge in [-0.15, -0.1) is 16.4 Å². The Balaban J connectivity index is 1.60. The summed E-state index contributed by atoms with van der Waals surface area (Å²) < 4.78 is 22.5. The van der Waals surface area contributed by atoms with E-state index in [1.54, 1.807) is 23.6 Å². The summed E-state index contributed by atoms with van der Waals surface area (Å²) in [5, 5.41) is 10.0. The molecule has 1 atom stereocenters. The van der Waals surface area contributed by atoms with Crippen molar-refractivity contribution in [3.8, 4) is 28.3 Å². The van der Waals surface area contributed by atoms with Crippen molar-refractivity contribution >= 4 is 17.2 Å². The van der Waals surface area contributed by atoms with Crippen molar-refractivity contribution < 1.29 is 9.13 Å². The molecule has 0 saturated heterocycles. The number of benzene rings is 1. The quantitative estimate of drug-likeness (QED) is 0.453. The number of pyridine rings is 1. The Kier molecular flexibility index (Phi) is 4.69. The Labute approximate surface area is 194 Å². The van der Waals surface area contributed by atoms with Crippen LogP contribution in [0.25, 0.3) is 22.5 Å². The molecule has 0 amide bonds. The van der Waals surface area contributed by atoms with E-state index in [0.717, 1.165) is 44.6 Å². The number of thiazole rings is 1. The molecule has 2 aliphatic rings. The molecule has 3 aromatic heterocycles. The van der Waals surface area contributed by atoms with Crippen LogP contribution in [0.4, 0.5) is 10.2 Å². The molecule has 6 rings (SSSR count). The molecule has 1 fully saturated rings. The molecule has 33 heavy (non-hydrogen) atoms. The highest BCUT2D eigenvalue weighted by molar-refractivity contribution is 7.12. The summed E-state index contributed by atoms with van der Waals surface area (Å²) in [5.74, 6) is 1.05. The van der Waals surface area contributed by atoms with E-state index in [9.17, 15) is 4.39 Å². The van der Waals surface area contributed by atoms with Crippen LogP contribution in [0.3, 0.4) is 0 Å². The number of anilines is 1. The molecule has 1 unspecified atom stereocenters. The van der Waals surface area contributed by atoms with Gasteiger partial charge in [-0.2, -0.15) is 0 Å². The van der Waals surface area contributed by atoms with Crippen LogP contribution in [0, 0.1) is 18.7 Å². The van der Waals surface area contributed by atoms with Crippen molar-refractivity contribution in [2.75, 3.05) is 5.73 Å². The Hall–Kier alpha value is -3.33. The summed E-state index contributed by atoms with van der Waals surface area (Å²) >= 11 is 1.63. The minimum Gasteiger partial charge on any atom is -0.482 e. The molecular weight excluding hydrogens is 439 g/mol. The summed E-state index contributed by atoms with van der Waals surface area (Å²) in [4.78, 5) is 10.3. The Bertz CT molecular complexity index is 1380. The molecule has 4 aromatic rings. The van der Waals surface area contributed by atoms with E-state index >= 15 is 0 Å². The Morgan fingerprint density at radius 3 is 2.94 bits per heavy atom. The predicted molar refractivity (Wildman–Crippen MR) is 124 cm³/mol. The van der Waals surface area contributed by atoms with Crippen LogP contribution < -0.4 is 10.5 Å². The molecule has 9 heteroatoms. The van der Waals surface area contributed by atoms with Crippen LogP contribution in [0.1, 0.15) is 47.0 Å². The van der Waals surface area contributed by atoms with E-state index in [2.05, 4.69) is 15.3 Å². The molecule has 1 aromatic carbocycles. The molecule has 4 heterocycles. The summed E-state index contributed by atoms with van der Waals surface area (Å²) in [6.45, 7) is 4.70. The van der Waals surface area contributed by atoms with Gasteiger partial charge in [-0.25, -0.2) is 19.0 Å². The molecule has 7 nitrogen and oxygen atoms in total. The normalized spacial score (nSPS) is 17.2. The maximum Gasteiger partial charge on any atom is 0.166 e. The van der Waals surface area contributed by atoms with Crippen molar-refractivity contribution in [3.05, 3.63) is 57.4 Å². The minimum absolute atomic E-state index is 0.286. The fraction of sp³-hybridized carbons (Fsp3) is 0.333. The maximum absolute atomic E-state index is 14.3. The number of nitrogens with two attached hydrogens (primary N) is 1. The first kappa shape index (κ1) is 20.3. The predicted octanol–water partition coefficient (Wildman–Crippen LogP) is 4.95. The average molecular weight is 463 g/mol. The number of nitrogens with zero attached hydrogens (tertiary/aromatic N) is 5. The van der Waals surface area contributed by atoms with Crippen LogP contribution in [0.5, 0.6) is 5.75 Å². The highest BCUT2D eigenvalue weighted by Gasteiger charge is 2.28. The lowest BCUT2D eigenvalue weighted by Crippen LogP contribution is -2.10. The topological polar surface area (TPSA) is 91.7 Å². The van der Waals surface area contributed by atoms with Gasteiger partial charge in [0.15, 0.2) is 11.6 Å². The third-order valence-electron chi connectivity index (χ3n) is 6.23. The number of rotatable bonds is 2. The van der Waals surface area contributed by atoms with Crippen LogP contribution in [-0.2, 0) is 13.0 Å². The van der Waals surface area contributed by atoms with Crippen molar-refractivity contribution in [1.82, 2.24) is 25.0 Å². The average Bonchev–Trinajstić information content (AvgIpc) is 3.41. The second kappa shape index (κ2) is 7.62. The first-order chi connectivity index (χ1) is 16.0. The third-order valence-corrected chi connectivity index (χ3v) is 7.20. The van der Waals surface area contributed by atoms with E-state index in [0.29, 0.717) is 23.7 Å². The summed E-state index contributed by atoms with van der Waals surface area (Å²) in [6.07, 6.45) is 4.29. The standard InChI is InChI=1S/C24H23FN6OS/c1-12-18-8-16(25)5-6-17(18)22-21(33-13(2)28-22)9-19-23(31(30-29-19)11-14-3-4-14)15-7-20(32-12)24(26)27-10-15/h5-8,10,12,14H,3-4,9,11H2,1-2H3,(H2,26,27). The summed E-state index contributed by atoms with van der Waals surface area (Å²) in [5.41, 5.74) is 11.2. The molecule has 1 saturated carbocycles. The van der Waals surface area contributed by atoms with E-state index in [1.807, 2.05) is 24.6 Å². The van der Waals surface area contributed by atoms with Gasteiger partial charge < -0.3 is 10.5 Å². The van der Waals surface area contributed by atoms with Gasteiger partial charge in [0.05, 0.1) is 22.1 Å². The molecular formula is C24H23FN6OS. The number of hydrogen-bond donors (Lipinski definition) is 1. The first-order valence-corrected chi connectivity index (χ1v) is 11.9. The molecule has 168 valence electrons. The lowest BCUT2D eigenvalue weighted by molar-refractivity contribution is 0.227. The summed E-state index contributed by atoms with van der Waals surface area (Å²) in [7, 11) is 0. The molecule has 0 radical (unpaired) electrons. The lowest BCUT2D eigenvalue weighted by Gasteiger charge is -2.20. The molecule has 1 aliphatic carbocycles. The fourth-order valence-electron chi connectivity index (χ4n) is 4.43. The fourth-order valence-corrected chi connectivity index (χ4v) is 5.38. The van der Waals surface area contributed by atoms with Crippen LogP contribution in [-0.4, -0.2) is 25.0 Å². The van der Waals surface area contributed by atoms with Gasteiger partial charge in [0.25, 0.3) is 0 Å². The van der Waals surface area contributed by atoms with Gasteiger partial charge in [-0.1, -0.05) is 5.21 Å². The van der Waals surface area contributed by atoms with E-state index in [-0.39, 0.29) is 11.6 Å². The minimum atomic E-state index is -0.460. The number of hydrogen-bond acceptors (Lipinski definition) is 7. The number of fused-ring (bicyclic) bond motifs is 7. The largest absolute Gasteiger partial charge is 0.482 e. The zero-order chi connectivity index (χ0) is 22.7. The SMILES string of the molecule is Cc1nc2c(s1)Cc1nnn(CC3CC3)c1-c1cnc(N)c(c1)OC(C)c1cc(F)ccc1-2. The maximum atomic E-state index is 14.3. The Morgan fingerprint density at radius 2 is 2.12 bits per heavy atom. The lowest BCUT2D eigenvalue weighted by atomic mass is 9.97. The van der Waals surface area contributed by atoms with E-state index in [4.69, 9.17) is 15.5 Å². The molecule has 2 bridgehead atoms. The number of aromatic nitrogens is 5. The van der Waals surface area contributed by atoms with Gasteiger partial charge >= 0.3 is 0 Å². The second-order valence-corrected chi connectivity index (χ2v) is 10.1. The van der Waals surface area contributed by atoms with Crippen LogP contribution >= 0.6 is 11.3 Å². The zero-order valence-electron chi connectivity index (χ0n) is 18.4. The van der Waals surface area contributed by atoms with E-state index < -0.39 is 6.10 Å². The molecule has 1 aliphatic heterocycles. The van der Waals surface area contributed by atoms with Crippen LogP contribution in [0.2, 0.25) is 0 Å². The first-order valence-electron chi connectivity index (χ1n) is 11.1. The molecule has 0 spiro atoms. The van der Waals surface area contributed by atoms with Crippen molar-refractivity contribution in [2.24, 2.45) is 5.92 Å². The Morgan fingerprint density at radius 1 is 1.27 bits per heavy atom. The van der Waals surface area contributed by atoms with Crippen molar-refractivity contribution in [1.29, 1.82) is 0 Å². The van der Waals surface area contributed by atoms with Crippen LogP contribution in [0.15, 0.2) is 30.5 Å². The number of halogens is 1. The van der Waals surface area contributed by atoms with Crippen molar-refractivity contribution in [2.45, 2.75) is 45.8 Å². The van der Waals surface area contributed by atoms with Gasteiger partial charge in [0.1, 0.15) is 11.9 Å². The number of ether oxygens (including phenoxy) is 1. The summed E-state index contributed by atoms with van der Waals surface area (Å²) in [6, 6.07) is 6.64. The highest BCUT2D eigenvalue weighted by Crippen LogP contribution is 2.40. The van der Waals surface area contributed by atoms with E-state index in [1.165, 1.54) is 25.0 Å². The molecule has 2 N–H and O–H groups in total. The van der Waals surface area contributed by atoms with Gasteiger partial charge in [-0.3, -0.25) is 0 Å². The van der Waals surface area contributed by atoms with Gasteiger partial charge in [-0.05, 0) is 56.9 Å². The van der Waals surface area contributed by atoms with Crippen molar-refractivity contribution in [3.63, 3.8) is 0 Å². The zero-order valence-corrected chi connectivity index (χ0v) is 19.2. The monoisotopic (exact) mass is 462 g/mol. The second-order valence-electron chi connectivity index (χ2n) is 8.79. The number of nitrogen functional groups attached to an aromatic ring is 1. The van der Waals surface area contributed by atoms with Gasteiger partial charge in [0, 0.05) is 40.7 Å². The third kappa shape index (κ3) is 3.66. The highest BCUT2D eigenvalue weighted by atomic mass is 32.1.